The fourth-order valence-corrected chi connectivity index (χ4v) is 3.89. The molecule has 0 saturated carbocycles. The van der Waals surface area contributed by atoms with Gasteiger partial charge in [0.05, 0.1) is 42.5 Å². The zero-order valence-electron chi connectivity index (χ0n) is 19.3. The monoisotopic (exact) mass is 486 g/mol. The van der Waals surface area contributed by atoms with Crippen molar-refractivity contribution in [2.75, 3.05) is 34.9 Å². The number of nitrogens with one attached hydrogen (secondary N) is 1. The van der Waals surface area contributed by atoms with E-state index in [1.165, 1.54) is 30.6 Å². The van der Waals surface area contributed by atoms with E-state index in [2.05, 4.69) is 10.3 Å². The van der Waals surface area contributed by atoms with Crippen molar-refractivity contribution in [3.63, 3.8) is 0 Å². The van der Waals surface area contributed by atoms with Crippen LogP contribution in [0.15, 0.2) is 47.3 Å². The summed E-state index contributed by atoms with van der Waals surface area (Å²) in [5, 5.41) is 16.4. The molecule has 0 aliphatic heterocycles. The van der Waals surface area contributed by atoms with Crippen molar-refractivity contribution in [2.24, 2.45) is 0 Å². The Kier molecular flexibility index (Phi) is 8.39. The van der Waals surface area contributed by atoms with E-state index in [0.717, 1.165) is 5.56 Å². The number of thiazole rings is 1. The summed E-state index contributed by atoms with van der Waals surface area (Å²) in [7, 11) is 6.76. The summed E-state index contributed by atoms with van der Waals surface area (Å²) in [6.07, 6.45) is 0. The number of likely N-dealkylation sites (N-methyl/N-ethyl adjacent to an activating group) is 1. The van der Waals surface area contributed by atoms with E-state index in [1.807, 2.05) is 48.6 Å². The van der Waals surface area contributed by atoms with Gasteiger partial charge < -0.3 is 24.4 Å². The highest BCUT2D eigenvalue weighted by Crippen LogP contribution is 2.35. The molecule has 3 aromatic rings. The number of ether oxygens (including phenoxy) is 3. The molecule has 0 aliphatic carbocycles. The predicted molar refractivity (Wildman–Crippen MR) is 128 cm³/mol. The molecule has 1 unspecified atom stereocenters. The molecule has 2 aromatic carbocycles. The van der Waals surface area contributed by atoms with Crippen molar-refractivity contribution < 1.29 is 23.9 Å². The first-order valence-corrected chi connectivity index (χ1v) is 11.2. The Hall–Kier alpha value is -3.70. The molecule has 0 saturated heterocycles. The number of nitro groups is 1. The minimum atomic E-state index is -0.616. The maximum atomic E-state index is 13.0. The van der Waals surface area contributed by atoms with Crippen LogP contribution in [0.4, 0.5) is 5.69 Å². The average Bonchev–Trinajstić information content (AvgIpc) is 3.35. The van der Waals surface area contributed by atoms with Crippen molar-refractivity contribution >= 4 is 22.9 Å². The van der Waals surface area contributed by atoms with Crippen LogP contribution in [0.25, 0.3) is 0 Å². The number of methoxy groups -OCH3 is 2. The van der Waals surface area contributed by atoms with Crippen molar-refractivity contribution in [1.29, 1.82) is 0 Å². The van der Waals surface area contributed by atoms with Gasteiger partial charge in [0.1, 0.15) is 17.9 Å². The summed E-state index contributed by atoms with van der Waals surface area (Å²) in [4.78, 5) is 30.2. The topological polar surface area (TPSA) is 116 Å². The van der Waals surface area contributed by atoms with Crippen molar-refractivity contribution in [3.05, 3.63) is 74.2 Å². The molecular formula is C23H26N4O6S. The molecule has 34 heavy (non-hydrogen) atoms. The Morgan fingerprint density at radius 2 is 2.00 bits per heavy atom. The largest absolute Gasteiger partial charge is 0.497 e. The number of rotatable bonds is 11. The van der Waals surface area contributed by atoms with E-state index in [4.69, 9.17) is 14.2 Å². The number of aromatic nitrogens is 1. The molecule has 0 radical (unpaired) electrons. The third kappa shape index (κ3) is 6.00. The van der Waals surface area contributed by atoms with Crippen LogP contribution in [0, 0.1) is 10.1 Å². The number of benzene rings is 2. The Bertz CT molecular complexity index is 1140. The Balaban J connectivity index is 1.82. The van der Waals surface area contributed by atoms with Gasteiger partial charge in [-0.3, -0.25) is 14.9 Å². The molecule has 0 fully saturated rings. The predicted octanol–water partition coefficient (Wildman–Crippen LogP) is 3.68. The molecule has 11 heteroatoms. The molecule has 1 N–H and O–H groups in total. The molecule has 0 bridgehead atoms. The van der Waals surface area contributed by atoms with E-state index < -0.39 is 10.8 Å². The van der Waals surface area contributed by atoms with E-state index in [0.29, 0.717) is 11.4 Å². The normalized spacial score (nSPS) is 11.7. The number of carbonyl (C=O) groups excluding carboxylic acids is 1. The summed E-state index contributed by atoms with van der Waals surface area (Å²) in [6, 6.07) is 9.86. The smallest absolute Gasteiger partial charge is 0.286 e. The summed E-state index contributed by atoms with van der Waals surface area (Å²) in [5.74, 6) is 0.472. The highest BCUT2D eigenvalue weighted by molar-refractivity contribution is 7.07. The second kappa shape index (κ2) is 11.4. The Labute approximate surface area is 201 Å². The zero-order valence-corrected chi connectivity index (χ0v) is 20.1. The van der Waals surface area contributed by atoms with Gasteiger partial charge in [0.15, 0.2) is 11.5 Å². The zero-order chi connectivity index (χ0) is 24.7. The second-order valence-corrected chi connectivity index (χ2v) is 8.23. The van der Waals surface area contributed by atoms with Gasteiger partial charge in [-0.05, 0) is 31.8 Å². The third-order valence-electron chi connectivity index (χ3n) is 5.14. The van der Waals surface area contributed by atoms with Gasteiger partial charge in [0, 0.05) is 18.0 Å². The van der Waals surface area contributed by atoms with Crippen LogP contribution >= 0.6 is 11.3 Å². The van der Waals surface area contributed by atoms with Crippen LogP contribution < -0.4 is 19.5 Å². The van der Waals surface area contributed by atoms with Crippen LogP contribution in [-0.2, 0) is 6.61 Å². The fourth-order valence-electron chi connectivity index (χ4n) is 3.35. The lowest BCUT2D eigenvalue weighted by molar-refractivity contribution is -0.385. The quantitative estimate of drug-likeness (QED) is 0.322. The number of amides is 1. The standard InChI is InChI=1S/C23H26N4O6S/c1-26(2)20(15-6-5-7-17(8-15)31-3)11-24-23(28)18-9-21(32-4)22(10-19(18)27(29)30)33-12-16-13-34-14-25-16/h5-10,13-14,20H,11-12H2,1-4H3,(H,24,28). The van der Waals surface area contributed by atoms with E-state index in [-0.39, 0.29) is 41.9 Å². The lowest BCUT2D eigenvalue weighted by atomic mass is 10.0. The van der Waals surface area contributed by atoms with Gasteiger partial charge >= 0.3 is 0 Å². The molecular weight excluding hydrogens is 460 g/mol. The number of hydrogen-bond acceptors (Lipinski definition) is 9. The van der Waals surface area contributed by atoms with Crippen LogP contribution in [0.5, 0.6) is 17.2 Å². The van der Waals surface area contributed by atoms with Crippen molar-refractivity contribution in [2.45, 2.75) is 12.6 Å². The molecule has 0 spiro atoms. The average molecular weight is 487 g/mol. The number of carbonyl (C=O) groups is 1. The van der Waals surface area contributed by atoms with Crippen molar-refractivity contribution in [1.82, 2.24) is 15.2 Å². The number of nitro benzene ring substituents is 1. The summed E-state index contributed by atoms with van der Waals surface area (Å²) >= 11 is 1.42. The SMILES string of the molecule is COc1cccc(C(CNC(=O)c2cc(OC)c(OCc3cscn3)cc2[N+](=O)[O-])N(C)C)c1. The summed E-state index contributed by atoms with van der Waals surface area (Å²) in [5.41, 5.74) is 2.78. The first kappa shape index (κ1) is 24.9. The first-order valence-electron chi connectivity index (χ1n) is 10.3. The van der Waals surface area contributed by atoms with Gasteiger partial charge in [0.25, 0.3) is 11.6 Å². The van der Waals surface area contributed by atoms with Crippen LogP contribution in [0.3, 0.4) is 0 Å². The Morgan fingerprint density at radius 1 is 1.21 bits per heavy atom. The lowest BCUT2D eigenvalue weighted by Gasteiger charge is -2.25. The lowest BCUT2D eigenvalue weighted by Crippen LogP contribution is -2.34. The molecule has 10 nitrogen and oxygen atoms in total. The molecule has 180 valence electrons. The van der Waals surface area contributed by atoms with Crippen molar-refractivity contribution in [3.8, 4) is 17.2 Å². The molecule has 3 rings (SSSR count). The van der Waals surface area contributed by atoms with Gasteiger partial charge in [-0.25, -0.2) is 4.98 Å². The summed E-state index contributed by atoms with van der Waals surface area (Å²) in [6.45, 7) is 0.341. The van der Waals surface area contributed by atoms with Gasteiger partial charge in [0.2, 0.25) is 0 Å². The highest BCUT2D eigenvalue weighted by atomic mass is 32.1. The second-order valence-electron chi connectivity index (χ2n) is 7.51. The number of nitrogens with zero attached hydrogens (tertiary/aromatic N) is 3. The molecule has 1 amide bonds. The summed E-state index contributed by atoms with van der Waals surface area (Å²) < 4.78 is 16.3. The van der Waals surface area contributed by atoms with E-state index in [1.54, 1.807) is 12.6 Å². The van der Waals surface area contributed by atoms with Gasteiger partial charge in [-0.15, -0.1) is 11.3 Å². The van der Waals surface area contributed by atoms with Crippen LogP contribution in [0.1, 0.15) is 27.7 Å². The molecule has 0 aliphatic rings. The fraction of sp³-hybridized carbons (Fsp3) is 0.304. The third-order valence-corrected chi connectivity index (χ3v) is 5.78. The first-order chi connectivity index (χ1) is 16.3. The van der Waals surface area contributed by atoms with Gasteiger partial charge in [-0.1, -0.05) is 12.1 Å². The maximum Gasteiger partial charge on any atom is 0.286 e. The molecule has 1 atom stereocenters. The highest BCUT2D eigenvalue weighted by Gasteiger charge is 2.26. The Morgan fingerprint density at radius 3 is 2.62 bits per heavy atom. The van der Waals surface area contributed by atoms with E-state index in [9.17, 15) is 14.9 Å². The van der Waals surface area contributed by atoms with Crippen LogP contribution in [-0.4, -0.2) is 55.6 Å². The molecule has 1 aromatic heterocycles. The van der Waals surface area contributed by atoms with E-state index >= 15 is 0 Å². The minimum Gasteiger partial charge on any atom is -0.497 e. The van der Waals surface area contributed by atoms with Gasteiger partial charge in [-0.2, -0.15) is 0 Å². The van der Waals surface area contributed by atoms with Crippen LogP contribution in [0.2, 0.25) is 0 Å². The molecule has 1 heterocycles. The minimum absolute atomic E-state index is 0.119. The number of hydrogen-bond donors (Lipinski definition) is 1. The maximum absolute atomic E-state index is 13.0.